The van der Waals surface area contributed by atoms with Gasteiger partial charge in [-0.15, -0.1) is 0 Å². The van der Waals surface area contributed by atoms with Crippen molar-refractivity contribution in [2.75, 3.05) is 11.9 Å². The number of nitrogens with one attached hydrogen (secondary N) is 1. The van der Waals surface area contributed by atoms with Crippen LogP contribution in [0.3, 0.4) is 0 Å². The molecule has 0 spiro atoms. The largest absolute Gasteiger partial charge is 0.325 e. The molecule has 1 aliphatic rings. The number of aryl methyl sites for hydroxylation is 1. The normalized spacial score (nSPS) is 13.2. The van der Waals surface area contributed by atoms with Crippen LogP contribution in [0.25, 0.3) is 0 Å². The van der Waals surface area contributed by atoms with Crippen LogP contribution < -0.4 is 5.32 Å². The number of carbonyl (C=O) groups is 3. The minimum absolute atomic E-state index is 0.308. The molecule has 3 rings (SSSR count). The maximum atomic E-state index is 12.3. The molecule has 0 aromatic heterocycles. The van der Waals surface area contributed by atoms with Crippen LogP contribution >= 0.6 is 15.9 Å². The molecule has 2 aromatic rings. The van der Waals surface area contributed by atoms with E-state index in [1.807, 2.05) is 19.1 Å². The lowest BCUT2D eigenvalue weighted by molar-refractivity contribution is -0.116. The molecule has 3 amide bonds. The average Bonchev–Trinajstić information content (AvgIpc) is 2.74. The second-order valence-corrected chi connectivity index (χ2v) is 6.22. The highest BCUT2D eigenvalue weighted by Crippen LogP contribution is 2.25. The van der Waals surface area contributed by atoms with Crippen molar-refractivity contribution in [2.45, 2.75) is 6.92 Å². The first kappa shape index (κ1) is 15.4. The maximum Gasteiger partial charge on any atom is 0.262 e. The molecule has 1 heterocycles. The summed E-state index contributed by atoms with van der Waals surface area (Å²) >= 11 is 3.27. The number of amides is 3. The number of hydrogen-bond donors (Lipinski definition) is 1. The van der Waals surface area contributed by atoms with Gasteiger partial charge in [-0.05, 0) is 37.3 Å². The van der Waals surface area contributed by atoms with Crippen LogP contribution in [0.2, 0.25) is 0 Å². The molecule has 0 bridgehead atoms. The Labute approximate surface area is 141 Å². The third-order valence-corrected chi connectivity index (χ3v) is 4.06. The molecular formula is C17H13BrN2O3. The van der Waals surface area contributed by atoms with Crippen LogP contribution in [0, 0.1) is 6.92 Å². The summed E-state index contributed by atoms with van der Waals surface area (Å²) in [6.07, 6.45) is 0. The molecule has 1 aliphatic heterocycles. The van der Waals surface area contributed by atoms with Crippen LogP contribution in [-0.4, -0.2) is 29.2 Å². The van der Waals surface area contributed by atoms with E-state index in [1.54, 1.807) is 30.3 Å². The predicted octanol–water partition coefficient (Wildman–Crippen LogP) is 2.99. The first-order chi connectivity index (χ1) is 11.0. The first-order valence-corrected chi connectivity index (χ1v) is 7.77. The second kappa shape index (κ2) is 5.96. The molecule has 1 N–H and O–H groups in total. The Morgan fingerprint density at radius 3 is 2.39 bits per heavy atom. The number of rotatable bonds is 3. The Kier molecular flexibility index (Phi) is 4.00. The van der Waals surface area contributed by atoms with E-state index in [0.717, 1.165) is 10.5 Å². The lowest BCUT2D eigenvalue weighted by Crippen LogP contribution is -2.37. The lowest BCUT2D eigenvalue weighted by atomic mass is 10.1. The zero-order valence-corrected chi connectivity index (χ0v) is 13.9. The van der Waals surface area contributed by atoms with Crippen molar-refractivity contribution >= 4 is 39.3 Å². The highest BCUT2D eigenvalue weighted by Gasteiger charge is 2.36. The first-order valence-electron chi connectivity index (χ1n) is 6.98. The Balaban J connectivity index is 1.73. The van der Waals surface area contributed by atoms with Crippen LogP contribution in [0.15, 0.2) is 46.9 Å². The van der Waals surface area contributed by atoms with E-state index in [9.17, 15) is 14.4 Å². The Morgan fingerprint density at radius 1 is 1.04 bits per heavy atom. The van der Waals surface area contributed by atoms with Crippen LogP contribution in [0.4, 0.5) is 5.69 Å². The SMILES string of the molecule is Cc1ccc(NC(=O)CN2C(=O)c3ccc(Br)cc3C2=O)cc1. The van der Waals surface area contributed by atoms with Gasteiger partial charge in [0.25, 0.3) is 11.8 Å². The molecule has 5 nitrogen and oxygen atoms in total. The second-order valence-electron chi connectivity index (χ2n) is 5.30. The van der Waals surface area contributed by atoms with Gasteiger partial charge < -0.3 is 5.32 Å². The summed E-state index contributed by atoms with van der Waals surface area (Å²) in [6, 6.07) is 12.1. The number of halogens is 1. The topological polar surface area (TPSA) is 66.5 Å². The molecule has 0 unspecified atom stereocenters. The number of carbonyl (C=O) groups excluding carboxylic acids is 3. The number of fused-ring (bicyclic) bond motifs is 1. The molecule has 23 heavy (non-hydrogen) atoms. The van der Waals surface area contributed by atoms with Crippen molar-refractivity contribution < 1.29 is 14.4 Å². The lowest BCUT2D eigenvalue weighted by Gasteiger charge is -2.13. The molecule has 6 heteroatoms. The van der Waals surface area contributed by atoms with Gasteiger partial charge in [-0.2, -0.15) is 0 Å². The van der Waals surface area contributed by atoms with E-state index >= 15 is 0 Å². The minimum Gasteiger partial charge on any atom is -0.325 e. The fourth-order valence-electron chi connectivity index (χ4n) is 2.39. The van der Waals surface area contributed by atoms with Crippen molar-refractivity contribution in [3.63, 3.8) is 0 Å². The zero-order chi connectivity index (χ0) is 16.6. The third kappa shape index (κ3) is 3.03. The Bertz CT molecular complexity index is 815. The summed E-state index contributed by atoms with van der Waals surface area (Å²) in [6.45, 7) is 1.64. The standard InChI is InChI=1S/C17H13BrN2O3/c1-10-2-5-12(6-3-10)19-15(21)9-20-16(22)13-7-4-11(18)8-14(13)17(20)23/h2-8H,9H2,1H3,(H,19,21). The van der Waals surface area contributed by atoms with Crippen molar-refractivity contribution in [2.24, 2.45) is 0 Å². The van der Waals surface area contributed by atoms with Gasteiger partial charge in [-0.3, -0.25) is 19.3 Å². The predicted molar refractivity (Wildman–Crippen MR) is 89.3 cm³/mol. The molecule has 0 fully saturated rings. The quantitative estimate of drug-likeness (QED) is 0.842. The van der Waals surface area contributed by atoms with E-state index in [1.165, 1.54) is 0 Å². The highest BCUT2D eigenvalue weighted by atomic mass is 79.9. The van der Waals surface area contributed by atoms with E-state index in [4.69, 9.17) is 0 Å². The highest BCUT2D eigenvalue weighted by molar-refractivity contribution is 9.10. The summed E-state index contributed by atoms with van der Waals surface area (Å²) in [5, 5.41) is 2.68. The Hall–Kier alpha value is -2.47. The monoisotopic (exact) mass is 372 g/mol. The molecule has 116 valence electrons. The number of hydrogen-bond acceptors (Lipinski definition) is 3. The molecule has 0 saturated carbocycles. The number of anilines is 1. The van der Waals surface area contributed by atoms with Crippen LogP contribution in [-0.2, 0) is 4.79 Å². The molecule has 0 saturated heterocycles. The van der Waals surface area contributed by atoms with Gasteiger partial charge >= 0.3 is 0 Å². The van der Waals surface area contributed by atoms with E-state index in [2.05, 4.69) is 21.2 Å². The average molecular weight is 373 g/mol. The summed E-state index contributed by atoms with van der Waals surface area (Å²) < 4.78 is 0.711. The third-order valence-electron chi connectivity index (χ3n) is 3.57. The fraction of sp³-hybridized carbons (Fsp3) is 0.118. The van der Waals surface area contributed by atoms with E-state index in [0.29, 0.717) is 21.3 Å². The van der Waals surface area contributed by atoms with Crippen molar-refractivity contribution in [3.05, 3.63) is 63.6 Å². The molecule has 0 atom stereocenters. The number of nitrogens with zero attached hydrogens (tertiary/aromatic N) is 1. The van der Waals surface area contributed by atoms with Crippen LogP contribution in [0.1, 0.15) is 26.3 Å². The molecule has 0 aliphatic carbocycles. The summed E-state index contributed by atoms with van der Waals surface area (Å²) in [5.41, 5.74) is 2.34. The summed E-state index contributed by atoms with van der Waals surface area (Å²) in [4.78, 5) is 37.6. The molecule has 0 radical (unpaired) electrons. The number of benzene rings is 2. The minimum atomic E-state index is -0.453. The maximum absolute atomic E-state index is 12.3. The molecule has 2 aromatic carbocycles. The van der Waals surface area contributed by atoms with Crippen molar-refractivity contribution in [1.82, 2.24) is 4.90 Å². The summed E-state index contributed by atoms with van der Waals surface area (Å²) in [7, 11) is 0. The van der Waals surface area contributed by atoms with Gasteiger partial charge in [0, 0.05) is 10.2 Å². The molecular weight excluding hydrogens is 360 g/mol. The van der Waals surface area contributed by atoms with E-state index < -0.39 is 17.7 Å². The Morgan fingerprint density at radius 2 is 1.70 bits per heavy atom. The van der Waals surface area contributed by atoms with Gasteiger partial charge in [-0.25, -0.2) is 0 Å². The van der Waals surface area contributed by atoms with Crippen molar-refractivity contribution in [3.8, 4) is 0 Å². The van der Waals surface area contributed by atoms with Gasteiger partial charge in [-0.1, -0.05) is 33.6 Å². The van der Waals surface area contributed by atoms with Gasteiger partial charge in [0.1, 0.15) is 6.54 Å². The van der Waals surface area contributed by atoms with E-state index in [-0.39, 0.29) is 6.54 Å². The number of imide groups is 1. The van der Waals surface area contributed by atoms with Gasteiger partial charge in [0.2, 0.25) is 5.91 Å². The summed E-state index contributed by atoms with van der Waals surface area (Å²) in [5.74, 6) is -1.32. The zero-order valence-electron chi connectivity index (χ0n) is 12.3. The van der Waals surface area contributed by atoms with Gasteiger partial charge in [0.15, 0.2) is 0 Å². The fourth-order valence-corrected chi connectivity index (χ4v) is 2.75. The smallest absolute Gasteiger partial charge is 0.262 e. The van der Waals surface area contributed by atoms with Gasteiger partial charge in [0.05, 0.1) is 11.1 Å². The van der Waals surface area contributed by atoms with Crippen molar-refractivity contribution in [1.29, 1.82) is 0 Å². The van der Waals surface area contributed by atoms with Crippen LogP contribution in [0.5, 0.6) is 0 Å².